The molecule has 0 aliphatic rings. The Hall–Kier alpha value is -2.09. The number of amides is 2. The number of thiocarbonyl (C=S) groups is 1. The van der Waals surface area contributed by atoms with E-state index in [4.69, 9.17) is 28.2 Å². The number of thioether (sulfide) groups is 1. The largest absolute Gasteiger partial charge is 0.457 e. The van der Waals surface area contributed by atoms with E-state index in [9.17, 15) is 9.59 Å². The zero-order valence-corrected chi connectivity index (χ0v) is 18.7. The molecule has 1 aromatic heterocycles. The number of hydrogen-bond donors (Lipinski definition) is 1. The number of nitrogens with zero attached hydrogens (tertiary/aromatic N) is 1. The van der Waals surface area contributed by atoms with Gasteiger partial charge < -0.3 is 9.73 Å². The second-order valence-corrected chi connectivity index (χ2v) is 7.60. The Morgan fingerprint density at radius 1 is 1.28 bits per heavy atom. The monoisotopic (exact) mass is 450 g/mol. The van der Waals surface area contributed by atoms with Gasteiger partial charge in [0, 0.05) is 12.1 Å². The standard InChI is InChI=1S/C21H23ClN2O3S2/c1-3-4-11-23-20(25)13-24(14-28)21(26)19(29-2)12-15-9-10-18(27-15)16-7-5-6-8-17(16)22/h5-10,12,14H,3-4,11,13H2,1-2H3,(H,23,25)/b19-12-. The summed E-state index contributed by atoms with van der Waals surface area (Å²) in [5, 5.41) is 3.36. The summed E-state index contributed by atoms with van der Waals surface area (Å²) < 4.78 is 5.83. The van der Waals surface area contributed by atoms with Gasteiger partial charge in [-0.15, -0.1) is 11.8 Å². The molecule has 2 rings (SSSR count). The van der Waals surface area contributed by atoms with E-state index in [2.05, 4.69) is 5.32 Å². The van der Waals surface area contributed by atoms with Crippen LogP contribution < -0.4 is 5.32 Å². The predicted molar refractivity (Wildman–Crippen MR) is 124 cm³/mol. The van der Waals surface area contributed by atoms with Gasteiger partial charge in [-0.3, -0.25) is 14.5 Å². The van der Waals surface area contributed by atoms with Crippen LogP contribution in [-0.2, 0) is 9.59 Å². The molecule has 5 nitrogen and oxygen atoms in total. The molecule has 0 saturated heterocycles. The van der Waals surface area contributed by atoms with Crippen LogP contribution in [0.4, 0.5) is 0 Å². The molecule has 0 atom stereocenters. The van der Waals surface area contributed by atoms with E-state index in [0.717, 1.165) is 18.4 Å². The van der Waals surface area contributed by atoms with E-state index < -0.39 is 0 Å². The molecule has 2 aromatic rings. The molecule has 0 aliphatic heterocycles. The van der Waals surface area contributed by atoms with Crippen molar-refractivity contribution in [3.8, 4) is 11.3 Å². The molecule has 29 heavy (non-hydrogen) atoms. The van der Waals surface area contributed by atoms with Gasteiger partial charge in [-0.25, -0.2) is 0 Å². The molecule has 0 unspecified atom stereocenters. The number of rotatable bonds is 10. The van der Waals surface area contributed by atoms with Crippen LogP contribution in [0.5, 0.6) is 0 Å². The Balaban J connectivity index is 2.13. The Labute approximate surface area is 185 Å². The first kappa shape index (κ1) is 23.2. The molecule has 0 spiro atoms. The van der Waals surface area contributed by atoms with Gasteiger partial charge in [0.1, 0.15) is 18.1 Å². The van der Waals surface area contributed by atoms with Crippen molar-refractivity contribution in [3.05, 3.63) is 52.1 Å². The fourth-order valence-corrected chi connectivity index (χ4v) is 3.41. The molecule has 1 heterocycles. The molecule has 0 fully saturated rings. The van der Waals surface area contributed by atoms with Crippen molar-refractivity contribution in [3.63, 3.8) is 0 Å². The third-order valence-corrected chi connectivity index (χ3v) is 5.34. The first-order valence-corrected chi connectivity index (χ1v) is 11.2. The number of carbonyl (C=O) groups excluding carboxylic acids is 2. The molecular weight excluding hydrogens is 428 g/mol. The highest BCUT2D eigenvalue weighted by Gasteiger charge is 2.19. The molecule has 0 radical (unpaired) electrons. The second kappa shape index (κ2) is 11.8. The van der Waals surface area contributed by atoms with Gasteiger partial charge in [0.2, 0.25) is 5.91 Å². The van der Waals surface area contributed by atoms with Crippen LogP contribution in [0.1, 0.15) is 25.5 Å². The number of carbonyl (C=O) groups is 2. The number of hydrogen-bond acceptors (Lipinski definition) is 5. The number of halogens is 1. The minimum Gasteiger partial charge on any atom is -0.457 e. The van der Waals surface area contributed by atoms with E-state index in [-0.39, 0.29) is 18.4 Å². The fraction of sp³-hybridized carbons (Fsp3) is 0.286. The van der Waals surface area contributed by atoms with Crippen LogP contribution in [0.3, 0.4) is 0 Å². The molecule has 0 bridgehead atoms. The molecule has 2 amide bonds. The van der Waals surface area contributed by atoms with Crippen molar-refractivity contribution in [2.75, 3.05) is 19.3 Å². The summed E-state index contributed by atoms with van der Waals surface area (Å²) in [6, 6.07) is 10.9. The highest BCUT2D eigenvalue weighted by Crippen LogP contribution is 2.30. The van der Waals surface area contributed by atoms with Crippen molar-refractivity contribution in [2.24, 2.45) is 0 Å². The summed E-state index contributed by atoms with van der Waals surface area (Å²) in [7, 11) is 0. The Kier molecular flexibility index (Phi) is 9.44. The van der Waals surface area contributed by atoms with Crippen molar-refractivity contribution >= 4 is 59.0 Å². The maximum Gasteiger partial charge on any atom is 0.265 e. The van der Waals surface area contributed by atoms with Crippen molar-refractivity contribution in [1.29, 1.82) is 0 Å². The van der Waals surface area contributed by atoms with Crippen LogP contribution in [-0.4, -0.2) is 41.6 Å². The summed E-state index contributed by atoms with van der Waals surface area (Å²) in [5.41, 5.74) is 1.97. The van der Waals surface area contributed by atoms with Gasteiger partial charge in [0.25, 0.3) is 5.91 Å². The summed E-state index contributed by atoms with van der Waals surface area (Å²) in [4.78, 5) is 26.5. The third-order valence-electron chi connectivity index (χ3n) is 4.02. The average Bonchev–Trinajstić information content (AvgIpc) is 3.18. The predicted octanol–water partition coefficient (Wildman–Crippen LogP) is 5.01. The summed E-state index contributed by atoms with van der Waals surface area (Å²) in [6.07, 6.45) is 5.28. The molecule has 0 saturated carbocycles. The highest BCUT2D eigenvalue weighted by molar-refractivity contribution is 8.03. The van der Waals surface area contributed by atoms with Crippen LogP contribution in [0.25, 0.3) is 17.4 Å². The van der Waals surface area contributed by atoms with Gasteiger partial charge in [0.15, 0.2) is 0 Å². The Morgan fingerprint density at radius 3 is 2.69 bits per heavy atom. The van der Waals surface area contributed by atoms with E-state index >= 15 is 0 Å². The second-order valence-electron chi connectivity index (χ2n) is 6.14. The summed E-state index contributed by atoms with van der Waals surface area (Å²) in [6.45, 7) is 2.50. The van der Waals surface area contributed by atoms with Crippen LogP contribution in [0, 0.1) is 0 Å². The van der Waals surface area contributed by atoms with E-state index in [1.165, 1.54) is 22.2 Å². The smallest absolute Gasteiger partial charge is 0.265 e. The molecule has 1 N–H and O–H groups in total. The minimum absolute atomic E-state index is 0.118. The zero-order chi connectivity index (χ0) is 21.2. The van der Waals surface area contributed by atoms with Crippen molar-refractivity contribution in [2.45, 2.75) is 19.8 Å². The Bertz CT molecular complexity index is 896. The quantitative estimate of drug-likeness (QED) is 0.313. The average molecular weight is 451 g/mol. The number of furan rings is 1. The number of nitrogens with one attached hydrogen (secondary N) is 1. The van der Waals surface area contributed by atoms with Crippen LogP contribution in [0.15, 0.2) is 45.7 Å². The van der Waals surface area contributed by atoms with Gasteiger partial charge in [-0.1, -0.05) is 49.3 Å². The fourth-order valence-electron chi connectivity index (χ4n) is 2.49. The van der Waals surface area contributed by atoms with Gasteiger partial charge in [0.05, 0.1) is 15.4 Å². The highest BCUT2D eigenvalue weighted by atomic mass is 35.5. The number of unbranched alkanes of at least 4 members (excludes halogenated alkanes) is 1. The molecule has 0 aliphatic carbocycles. The molecule has 154 valence electrons. The zero-order valence-electron chi connectivity index (χ0n) is 16.3. The number of benzene rings is 1. The van der Waals surface area contributed by atoms with Gasteiger partial charge in [-0.05, 0) is 43.0 Å². The SMILES string of the molecule is CCCCNC(=O)CN(C=S)C(=O)/C(=C/c1ccc(-c2ccccc2Cl)o1)SC. The normalized spacial score (nSPS) is 11.2. The van der Waals surface area contributed by atoms with Crippen LogP contribution in [0.2, 0.25) is 5.02 Å². The van der Waals surface area contributed by atoms with Crippen molar-refractivity contribution < 1.29 is 14.0 Å². The van der Waals surface area contributed by atoms with Crippen molar-refractivity contribution in [1.82, 2.24) is 10.2 Å². The van der Waals surface area contributed by atoms with Gasteiger partial charge >= 0.3 is 0 Å². The molecular formula is C21H23ClN2O3S2. The first-order valence-electron chi connectivity index (χ1n) is 9.13. The first-order chi connectivity index (χ1) is 14.0. The van der Waals surface area contributed by atoms with E-state index in [1.807, 2.05) is 25.1 Å². The third kappa shape index (κ3) is 6.73. The Morgan fingerprint density at radius 2 is 2.03 bits per heavy atom. The lowest BCUT2D eigenvalue weighted by molar-refractivity contribution is -0.128. The van der Waals surface area contributed by atoms with E-state index in [0.29, 0.717) is 28.0 Å². The van der Waals surface area contributed by atoms with E-state index in [1.54, 1.807) is 30.5 Å². The van der Waals surface area contributed by atoms with Gasteiger partial charge in [-0.2, -0.15) is 0 Å². The maximum atomic E-state index is 12.8. The lowest BCUT2D eigenvalue weighted by Gasteiger charge is -2.17. The molecule has 8 heteroatoms. The minimum atomic E-state index is -0.353. The lowest BCUT2D eigenvalue weighted by Crippen LogP contribution is -2.40. The summed E-state index contributed by atoms with van der Waals surface area (Å²) in [5.74, 6) is 0.521. The molecule has 1 aromatic carbocycles. The topological polar surface area (TPSA) is 62.6 Å². The summed E-state index contributed by atoms with van der Waals surface area (Å²) >= 11 is 12.4. The van der Waals surface area contributed by atoms with Crippen LogP contribution >= 0.6 is 35.6 Å². The lowest BCUT2D eigenvalue weighted by atomic mass is 10.2. The maximum absolute atomic E-state index is 12.8.